The maximum Gasteiger partial charge on any atom is 0.307 e. The molecule has 1 heterocycles. The van der Waals surface area contributed by atoms with E-state index in [9.17, 15) is 4.79 Å². The predicted octanol–water partition coefficient (Wildman–Crippen LogP) is 4.60. The Morgan fingerprint density at radius 2 is 1.34 bits per heavy atom. The Morgan fingerprint density at radius 1 is 0.844 bits per heavy atom. The highest BCUT2D eigenvalue weighted by atomic mass is 35.5. The standard InChI is InChI=1S/C25H34N2O3.2ClH/c1-2-29-24(28)14-16-27-19-17-26(18-20-27)15-9-21-30-25(22-10-5-3-6-11-22)23-12-7-4-8-13-23;;/h3-8,10-13,25H,2,9,14-21H2,1H3;2*1H. The molecule has 178 valence electrons. The fraction of sp³-hybridized carbons (Fsp3) is 0.480. The molecule has 0 unspecified atom stereocenters. The van der Waals surface area contributed by atoms with Gasteiger partial charge < -0.3 is 19.3 Å². The van der Waals surface area contributed by atoms with E-state index >= 15 is 0 Å². The zero-order valence-corrected chi connectivity index (χ0v) is 20.5. The van der Waals surface area contributed by atoms with Crippen LogP contribution in [0.4, 0.5) is 0 Å². The zero-order chi connectivity index (χ0) is 21.0. The number of hydrogen-bond acceptors (Lipinski definition) is 5. The van der Waals surface area contributed by atoms with E-state index in [4.69, 9.17) is 9.47 Å². The summed E-state index contributed by atoms with van der Waals surface area (Å²) in [5.74, 6) is -0.0940. The lowest BCUT2D eigenvalue weighted by Crippen LogP contribution is -2.47. The lowest BCUT2D eigenvalue weighted by Gasteiger charge is -2.34. The van der Waals surface area contributed by atoms with Crippen molar-refractivity contribution in [1.29, 1.82) is 0 Å². The molecule has 1 fully saturated rings. The van der Waals surface area contributed by atoms with Crippen molar-refractivity contribution in [2.24, 2.45) is 0 Å². The number of rotatable bonds is 11. The highest BCUT2D eigenvalue weighted by Gasteiger charge is 2.18. The second-order valence-corrected chi connectivity index (χ2v) is 7.66. The van der Waals surface area contributed by atoms with Gasteiger partial charge in [0.2, 0.25) is 0 Å². The highest BCUT2D eigenvalue weighted by Crippen LogP contribution is 2.25. The number of carbonyl (C=O) groups is 1. The molecule has 0 spiro atoms. The van der Waals surface area contributed by atoms with Gasteiger partial charge in [-0.15, -0.1) is 24.8 Å². The highest BCUT2D eigenvalue weighted by molar-refractivity contribution is 5.85. The second-order valence-electron chi connectivity index (χ2n) is 7.66. The van der Waals surface area contributed by atoms with Gasteiger partial charge in [-0.1, -0.05) is 60.7 Å². The molecule has 7 heteroatoms. The predicted molar refractivity (Wildman–Crippen MR) is 134 cm³/mol. The van der Waals surface area contributed by atoms with E-state index in [0.29, 0.717) is 13.0 Å². The molecule has 1 saturated heterocycles. The third kappa shape index (κ3) is 9.47. The number of piperazine rings is 1. The zero-order valence-electron chi connectivity index (χ0n) is 18.9. The van der Waals surface area contributed by atoms with E-state index in [1.54, 1.807) is 0 Å². The number of ether oxygens (including phenoxy) is 2. The molecule has 2 aromatic carbocycles. The Hall–Kier alpha value is -1.63. The van der Waals surface area contributed by atoms with Crippen LogP contribution in [-0.2, 0) is 14.3 Å². The van der Waals surface area contributed by atoms with Crippen molar-refractivity contribution in [2.45, 2.75) is 25.9 Å². The number of benzene rings is 2. The summed E-state index contributed by atoms with van der Waals surface area (Å²) in [6.45, 7) is 9.00. The average Bonchev–Trinajstić information content (AvgIpc) is 2.80. The van der Waals surface area contributed by atoms with Crippen molar-refractivity contribution in [3.8, 4) is 0 Å². The third-order valence-electron chi connectivity index (χ3n) is 5.51. The summed E-state index contributed by atoms with van der Waals surface area (Å²) in [7, 11) is 0. The van der Waals surface area contributed by atoms with Crippen LogP contribution in [0.3, 0.4) is 0 Å². The van der Waals surface area contributed by atoms with E-state index in [2.05, 4.69) is 58.3 Å². The fourth-order valence-corrected chi connectivity index (χ4v) is 3.85. The second kappa shape index (κ2) is 16.1. The van der Waals surface area contributed by atoms with Crippen LogP contribution in [-0.4, -0.2) is 68.3 Å². The Morgan fingerprint density at radius 3 is 1.84 bits per heavy atom. The van der Waals surface area contributed by atoms with Crippen LogP contribution in [0.5, 0.6) is 0 Å². The van der Waals surface area contributed by atoms with Gasteiger partial charge in [-0.3, -0.25) is 4.79 Å². The first-order chi connectivity index (χ1) is 14.8. The summed E-state index contributed by atoms with van der Waals surface area (Å²) < 4.78 is 11.3. The fourth-order valence-electron chi connectivity index (χ4n) is 3.85. The average molecular weight is 483 g/mol. The smallest absolute Gasteiger partial charge is 0.307 e. The summed E-state index contributed by atoms with van der Waals surface area (Å²) in [6, 6.07) is 20.9. The summed E-state index contributed by atoms with van der Waals surface area (Å²) in [6.07, 6.45) is 1.48. The molecule has 5 nitrogen and oxygen atoms in total. The van der Waals surface area contributed by atoms with Gasteiger partial charge in [-0.25, -0.2) is 0 Å². The van der Waals surface area contributed by atoms with Crippen molar-refractivity contribution < 1.29 is 14.3 Å². The van der Waals surface area contributed by atoms with Gasteiger partial charge in [0.25, 0.3) is 0 Å². The van der Waals surface area contributed by atoms with Crippen molar-refractivity contribution in [3.63, 3.8) is 0 Å². The van der Waals surface area contributed by atoms with Crippen LogP contribution in [0.2, 0.25) is 0 Å². The van der Waals surface area contributed by atoms with Crippen molar-refractivity contribution in [3.05, 3.63) is 71.8 Å². The summed E-state index contributed by atoms with van der Waals surface area (Å²) in [5, 5.41) is 0. The Balaban J connectivity index is 0.00000256. The summed E-state index contributed by atoms with van der Waals surface area (Å²) >= 11 is 0. The van der Waals surface area contributed by atoms with Gasteiger partial charge in [0.15, 0.2) is 0 Å². The van der Waals surface area contributed by atoms with Gasteiger partial charge in [0.05, 0.1) is 13.0 Å². The Labute approximate surface area is 204 Å². The van der Waals surface area contributed by atoms with Gasteiger partial charge in [0, 0.05) is 45.9 Å². The number of carbonyl (C=O) groups excluding carboxylic acids is 1. The largest absolute Gasteiger partial charge is 0.466 e. The molecule has 0 N–H and O–H groups in total. The number of hydrogen-bond donors (Lipinski definition) is 0. The molecule has 0 saturated carbocycles. The summed E-state index contributed by atoms with van der Waals surface area (Å²) in [4.78, 5) is 16.4. The molecule has 0 atom stereocenters. The minimum absolute atomic E-state index is 0. The number of nitrogens with zero attached hydrogens (tertiary/aromatic N) is 2. The van der Waals surface area contributed by atoms with Crippen LogP contribution in [0, 0.1) is 0 Å². The van der Waals surface area contributed by atoms with E-state index in [0.717, 1.165) is 52.3 Å². The van der Waals surface area contributed by atoms with E-state index < -0.39 is 0 Å². The van der Waals surface area contributed by atoms with Crippen molar-refractivity contribution >= 4 is 30.8 Å². The maximum atomic E-state index is 11.5. The quantitative estimate of drug-likeness (QED) is 0.345. The molecular formula is C25H36Cl2N2O3. The van der Waals surface area contributed by atoms with Crippen LogP contribution < -0.4 is 0 Å². The first kappa shape index (κ1) is 28.4. The third-order valence-corrected chi connectivity index (χ3v) is 5.51. The van der Waals surface area contributed by atoms with Gasteiger partial charge in [-0.2, -0.15) is 0 Å². The lowest BCUT2D eigenvalue weighted by atomic mass is 10.0. The van der Waals surface area contributed by atoms with Crippen molar-refractivity contribution in [1.82, 2.24) is 9.80 Å². The van der Waals surface area contributed by atoms with E-state index in [1.807, 2.05) is 19.1 Å². The molecule has 0 aromatic heterocycles. The van der Waals surface area contributed by atoms with Gasteiger partial charge in [0.1, 0.15) is 6.10 Å². The molecule has 1 aliphatic heterocycles. The number of halogens is 2. The molecule has 0 radical (unpaired) electrons. The van der Waals surface area contributed by atoms with Crippen molar-refractivity contribution in [2.75, 3.05) is 52.5 Å². The monoisotopic (exact) mass is 482 g/mol. The Kier molecular flexibility index (Phi) is 14.3. The molecule has 32 heavy (non-hydrogen) atoms. The lowest BCUT2D eigenvalue weighted by molar-refractivity contribution is -0.143. The van der Waals surface area contributed by atoms with Gasteiger partial charge >= 0.3 is 5.97 Å². The normalized spacial score (nSPS) is 14.4. The van der Waals surface area contributed by atoms with Crippen LogP contribution in [0.1, 0.15) is 37.0 Å². The molecule has 1 aliphatic rings. The molecular weight excluding hydrogens is 447 g/mol. The summed E-state index contributed by atoms with van der Waals surface area (Å²) in [5.41, 5.74) is 2.39. The first-order valence-corrected chi connectivity index (χ1v) is 11.1. The maximum absolute atomic E-state index is 11.5. The van der Waals surface area contributed by atoms with Crippen LogP contribution >= 0.6 is 24.8 Å². The molecule has 0 amide bonds. The molecule has 0 aliphatic carbocycles. The minimum atomic E-state index is -0.0940. The number of esters is 1. The van der Waals surface area contributed by atoms with Crippen LogP contribution in [0.15, 0.2) is 60.7 Å². The van der Waals surface area contributed by atoms with Gasteiger partial charge in [-0.05, 0) is 24.5 Å². The first-order valence-electron chi connectivity index (χ1n) is 11.1. The van der Waals surface area contributed by atoms with Crippen LogP contribution in [0.25, 0.3) is 0 Å². The van der Waals surface area contributed by atoms with E-state index in [-0.39, 0.29) is 36.9 Å². The molecule has 2 aromatic rings. The molecule has 3 rings (SSSR count). The van der Waals surface area contributed by atoms with E-state index in [1.165, 1.54) is 11.1 Å². The topological polar surface area (TPSA) is 42.0 Å². The SMILES string of the molecule is CCOC(=O)CCN1CCN(CCCOC(c2ccccc2)c2ccccc2)CC1.Cl.Cl. The minimum Gasteiger partial charge on any atom is -0.466 e. The Bertz CT molecular complexity index is 702. The molecule has 0 bridgehead atoms.